The minimum Gasteiger partial charge on any atom is -0.456 e. The lowest BCUT2D eigenvalue weighted by Crippen LogP contribution is -2.47. The van der Waals surface area contributed by atoms with Gasteiger partial charge >= 0.3 is 13.8 Å². The summed E-state index contributed by atoms with van der Waals surface area (Å²) in [6, 6.07) is -0.849. The molecule has 70 heavy (non-hydrogen) atoms. The molecule has 0 heterocycles. The maximum Gasteiger partial charge on any atom is 0.472 e. The van der Waals surface area contributed by atoms with Crippen LogP contribution in [-0.2, 0) is 27.9 Å². The van der Waals surface area contributed by atoms with Gasteiger partial charge in [0.25, 0.3) is 0 Å². The zero-order chi connectivity index (χ0) is 51.5. The smallest absolute Gasteiger partial charge is 0.456 e. The van der Waals surface area contributed by atoms with Gasteiger partial charge in [0.1, 0.15) is 19.3 Å². The number of carbonyl (C=O) groups is 2. The van der Waals surface area contributed by atoms with Crippen LogP contribution in [0, 0.1) is 0 Å². The minimum atomic E-state index is -4.44. The number of rotatable bonds is 55. The van der Waals surface area contributed by atoms with Gasteiger partial charge in [0.15, 0.2) is 0 Å². The highest BCUT2D eigenvalue weighted by atomic mass is 31.2. The zero-order valence-electron chi connectivity index (χ0n) is 47.3. The number of phosphoric ester groups is 1. The number of quaternary nitrogens is 1. The molecule has 0 saturated carbocycles. The number of unbranched alkanes of at least 4 members (excludes halogenated alkanes) is 37. The number of amides is 1. The Morgan fingerprint density at radius 3 is 1.23 bits per heavy atom. The number of allylic oxidation sites excluding steroid dienone is 3. The van der Waals surface area contributed by atoms with Crippen LogP contribution >= 0.6 is 7.82 Å². The first kappa shape index (κ1) is 68.5. The maximum absolute atomic E-state index is 13.5. The van der Waals surface area contributed by atoms with Crippen molar-refractivity contribution in [1.29, 1.82) is 0 Å². The van der Waals surface area contributed by atoms with Crippen molar-refractivity contribution in [3.8, 4) is 0 Å². The standard InChI is InChI=1S/C60H117N2O7P/c1-7-10-13-16-19-22-25-27-29-30-31-32-33-35-38-41-44-47-50-53-60(64)69-58(51-48-45-42-39-36-24-21-18-15-12-9-3)57(56-68-70(65,66)67-55-54-62(4,5)6)61-59(63)52-49-46-43-40-37-34-28-26-23-20-17-14-11-8-2/h34,37,48,51,57-58H,7-33,35-36,38-47,49-50,52-56H2,1-6H3,(H-,61,63,65,66)/p+1/b37-34-,51-48+. The van der Waals surface area contributed by atoms with Gasteiger partial charge in [0, 0.05) is 12.8 Å². The van der Waals surface area contributed by atoms with Crippen molar-refractivity contribution < 1.29 is 37.3 Å². The first-order chi connectivity index (χ1) is 33.9. The van der Waals surface area contributed by atoms with Crippen LogP contribution in [0.5, 0.6) is 0 Å². The van der Waals surface area contributed by atoms with Crippen LogP contribution in [0.1, 0.15) is 297 Å². The highest BCUT2D eigenvalue weighted by Gasteiger charge is 2.30. The number of esters is 1. The van der Waals surface area contributed by atoms with Crippen molar-refractivity contribution in [2.45, 2.75) is 309 Å². The SMILES string of the molecule is CCCCCCCCC/C=C\CCCCCC(=O)NC(COP(=O)(O)OCC[N+](C)(C)C)C(/C=C/CCCCCCCCCCC)OC(=O)CCCCCCCCCCCCCCCCCCCCC. The molecule has 0 radical (unpaired) electrons. The van der Waals surface area contributed by atoms with Gasteiger partial charge in [0.2, 0.25) is 5.91 Å². The molecule has 2 N–H and O–H groups in total. The topological polar surface area (TPSA) is 111 Å². The van der Waals surface area contributed by atoms with Crippen LogP contribution in [-0.4, -0.2) is 74.3 Å². The van der Waals surface area contributed by atoms with E-state index in [0.29, 0.717) is 23.9 Å². The van der Waals surface area contributed by atoms with Crippen LogP contribution in [0.15, 0.2) is 24.3 Å². The van der Waals surface area contributed by atoms with Gasteiger partial charge in [-0.2, -0.15) is 0 Å². The van der Waals surface area contributed by atoms with Gasteiger partial charge in [-0.05, 0) is 57.4 Å². The molecule has 0 aromatic carbocycles. The molecule has 1 amide bonds. The number of phosphoric acid groups is 1. The Labute approximate surface area is 434 Å². The number of carbonyl (C=O) groups excluding carboxylic acids is 2. The number of nitrogens with zero attached hydrogens (tertiary/aromatic N) is 1. The summed E-state index contributed by atoms with van der Waals surface area (Å²) in [6.07, 6.45) is 58.9. The number of nitrogens with one attached hydrogen (secondary N) is 1. The van der Waals surface area contributed by atoms with E-state index in [0.717, 1.165) is 70.6 Å². The Morgan fingerprint density at radius 1 is 0.486 bits per heavy atom. The van der Waals surface area contributed by atoms with E-state index in [2.05, 4.69) is 38.2 Å². The Hall–Kier alpha value is -1.51. The van der Waals surface area contributed by atoms with Crippen LogP contribution in [0.2, 0.25) is 0 Å². The average Bonchev–Trinajstić information content (AvgIpc) is 3.32. The first-order valence-corrected chi connectivity index (χ1v) is 31.7. The summed E-state index contributed by atoms with van der Waals surface area (Å²) >= 11 is 0. The summed E-state index contributed by atoms with van der Waals surface area (Å²) in [4.78, 5) is 37.6. The Kier molecular flexibility index (Phi) is 49.9. The van der Waals surface area contributed by atoms with E-state index in [-0.39, 0.29) is 25.1 Å². The second-order valence-electron chi connectivity index (χ2n) is 21.9. The fourth-order valence-corrected chi connectivity index (χ4v) is 9.67. The molecule has 0 aliphatic heterocycles. The molecule has 0 aromatic heterocycles. The lowest BCUT2D eigenvalue weighted by Gasteiger charge is -2.27. The van der Waals surface area contributed by atoms with Crippen molar-refractivity contribution in [2.75, 3.05) is 40.9 Å². The third-order valence-electron chi connectivity index (χ3n) is 13.6. The molecular formula is C60H118N2O7P+. The summed E-state index contributed by atoms with van der Waals surface area (Å²) in [6.45, 7) is 7.02. The van der Waals surface area contributed by atoms with Crippen LogP contribution in [0.4, 0.5) is 0 Å². The Balaban J connectivity index is 5.22. The summed E-state index contributed by atoms with van der Waals surface area (Å²) < 4.78 is 30.6. The van der Waals surface area contributed by atoms with Crippen molar-refractivity contribution in [1.82, 2.24) is 5.32 Å². The number of likely N-dealkylation sites (N-methyl/N-ethyl adjacent to an activating group) is 1. The number of ether oxygens (including phenoxy) is 1. The van der Waals surface area contributed by atoms with Crippen molar-refractivity contribution in [3.05, 3.63) is 24.3 Å². The van der Waals surface area contributed by atoms with Gasteiger partial charge in [-0.1, -0.05) is 251 Å². The molecule has 10 heteroatoms. The molecule has 0 saturated heterocycles. The molecule has 3 atom stereocenters. The second kappa shape index (κ2) is 51.0. The molecule has 0 aromatic rings. The van der Waals surface area contributed by atoms with Gasteiger partial charge in [0.05, 0.1) is 33.8 Å². The summed E-state index contributed by atoms with van der Waals surface area (Å²) in [5.41, 5.74) is 0. The molecule has 414 valence electrons. The Bertz CT molecular complexity index is 1250. The third kappa shape index (κ3) is 51.4. The largest absolute Gasteiger partial charge is 0.472 e. The van der Waals surface area contributed by atoms with E-state index in [1.807, 2.05) is 33.3 Å². The maximum atomic E-state index is 13.5. The fraction of sp³-hybridized carbons (Fsp3) is 0.900. The van der Waals surface area contributed by atoms with Gasteiger partial charge in [-0.25, -0.2) is 4.57 Å². The molecule has 0 fully saturated rings. The fourth-order valence-electron chi connectivity index (χ4n) is 8.94. The number of hydrogen-bond acceptors (Lipinski definition) is 6. The molecule has 0 bridgehead atoms. The quantitative estimate of drug-likeness (QED) is 0.0205. The normalized spacial score (nSPS) is 13.9. The van der Waals surface area contributed by atoms with Gasteiger partial charge < -0.3 is 19.4 Å². The third-order valence-corrected chi connectivity index (χ3v) is 14.6. The number of hydrogen-bond donors (Lipinski definition) is 2. The lowest BCUT2D eigenvalue weighted by molar-refractivity contribution is -0.870. The summed E-state index contributed by atoms with van der Waals surface area (Å²) in [7, 11) is 1.50. The zero-order valence-corrected chi connectivity index (χ0v) is 48.2. The van der Waals surface area contributed by atoms with Crippen LogP contribution in [0.25, 0.3) is 0 Å². The minimum absolute atomic E-state index is 0.0408. The molecule has 0 spiro atoms. The molecule has 0 aliphatic rings. The van der Waals surface area contributed by atoms with Crippen molar-refractivity contribution >= 4 is 19.7 Å². The molecular weight excluding hydrogens is 892 g/mol. The molecule has 9 nitrogen and oxygen atoms in total. The second-order valence-corrected chi connectivity index (χ2v) is 23.3. The molecule has 3 unspecified atom stereocenters. The first-order valence-electron chi connectivity index (χ1n) is 30.2. The molecule has 0 rings (SSSR count). The van der Waals surface area contributed by atoms with E-state index >= 15 is 0 Å². The van der Waals surface area contributed by atoms with E-state index in [1.54, 1.807) is 0 Å². The lowest BCUT2D eigenvalue weighted by atomic mass is 10.0. The molecule has 0 aliphatic carbocycles. The summed E-state index contributed by atoms with van der Waals surface area (Å²) in [5.74, 6) is -0.510. The summed E-state index contributed by atoms with van der Waals surface area (Å²) in [5, 5.41) is 3.04. The van der Waals surface area contributed by atoms with E-state index in [1.165, 1.54) is 193 Å². The van der Waals surface area contributed by atoms with Crippen LogP contribution in [0.3, 0.4) is 0 Å². The highest BCUT2D eigenvalue weighted by Crippen LogP contribution is 2.43. The van der Waals surface area contributed by atoms with Gasteiger partial charge in [-0.15, -0.1) is 0 Å². The van der Waals surface area contributed by atoms with Crippen molar-refractivity contribution in [3.63, 3.8) is 0 Å². The van der Waals surface area contributed by atoms with E-state index in [4.69, 9.17) is 13.8 Å². The van der Waals surface area contributed by atoms with Gasteiger partial charge in [-0.3, -0.25) is 18.6 Å². The van der Waals surface area contributed by atoms with E-state index < -0.39 is 20.0 Å². The highest BCUT2D eigenvalue weighted by molar-refractivity contribution is 7.47. The van der Waals surface area contributed by atoms with Crippen LogP contribution < -0.4 is 5.32 Å². The van der Waals surface area contributed by atoms with Crippen molar-refractivity contribution in [2.24, 2.45) is 0 Å². The predicted molar refractivity (Wildman–Crippen MR) is 300 cm³/mol. The monoisotopic (exact) mass is 1010 g/mol. The Morgan fingerprint density at radius 2 is 0.829 bits per heavy atom. The average molecular weight is 1010 g/mol. The predicted octanol–water partition coefficient (Wildman–Crippen LogP) is 18.2. The van der Waals surface area contributed by atoms with E-state index in [9.17, 15) is 19.0 Å².